The van der Waals surface area contributed by atoms with Crippen molar-refractivity contribution in [1.82, 2.24) is 0 Å². The molecule has 0 atom stereocenters. The van der Waals surface area contributed by atoms with E-state index in [2.05, 4.69) is 5.32 Å². The summed E-state index contributed by atoms with van der Waals surface area (Å²) in [6.07, 6.45) is -2.06. The van der Waals surface area contributed by atoms with E-state index < -0.39 is 17.6 Å². The zero-order chi connectivity index (χ0) is 17.0. The molecule has 0 saturated carbocycles. The highest BCUT2D eigenvalue weighted by Gasteiger charge is 2.33. The minimum absolute atomic E-state index is 0.308. The molecule has 0 heterocycles. The van der Waals surface area contributed by atoms with Crippen molar-refractivity contribution in [2.24, 2.45) is 0 Å². The van der Waals surface area contributed by atoms with Gasteiger partial charge in [-0.05, 0) is 35.9 Å². The molecule has 0 aliphatic heterocycles. The minimum atomic E-state index is -4.55. The van der Waals surface area contributed by atoms with Gasteiger partial charge in [0.25, 0.3) is 0 Å². The number of rotatable bonds is 3. The molecule has 0 saturated heterocycles. The molecule has 0 aliphatic carbocycles. The normalized spacial score (nSPS) is 11.7. The average Bonchev–Trinajstić information content (AvgIpc) is 2.46. The second kappa shape index (κ2) is 7.06. The maximum absolute atomic E-state index is 12.8. The molecule has 2 aromatic rings. The Morgan fingerprint density at radius 1 is 1.09 bits per heavy atom. The summed E-state index contributed by atoms with van der Waals surface area (Å²) in [5.74, 6) is -0.701. The molecular weight excluding hydrogens is 350 g/mol. The molecule has 1 amide bonds. The van der Waals surface area contributed by atoms with E-state index in [0.29, 0.717) is 15.6 Å². The number of hydrogen-bond donors (Lipinski definition) is 1. The highest BCUT2D eigenvalue weighted by atomic mass is 35.5. The van der Waals surface area contributed by atoms with Gasteiger partial charge >= 0.3 is 6.18 Å². The van der Waals surface area contributed by atoms with Gasteiger partial charge in [0, 0.05) is 16.1 Å². The van der Waals surface area contributed by atoms with Crippen LogP contribution in [0.1, 0.15) is 11.1 Å². The summed E-state index contributed by atoms with van der Waals surface area (Å²) in [4.78, 5) is 11.8. The van der Waals surface area contributed by atoms with Crippen LogP contribution in [0.25, 0.3) is 6.08 Å². The lowest BCUT2D eigenvalue weighted by atomic mass is 10.1. The van der Waals surface area contributed by atoms with Gasteiger partial charge in [-0.1, -0.05) is 41.4 Å². The van der Waals surface area contributed by atoms with Crippen molar-refractivity contribution in [3.8, 4) is 0 Å². The van der Waals surface area contributed by atoms with Gasteiger partial charge in [0.05, 0.1) is 11.3 Å². The fourth-order valence-corrected chi connectivity index (χ4v) is 2.29. The van der Waals surface area contributed by atoms with E-state index in [-0.39, 0.29) is 5.69 Å². The molecular formula is C16H10Cl2F3NO. The minimum Gasteiger partial charge on any atom is -0.322 e. The molecule has 0 spiro atoms. The third kappa shape index (κ3) is 4.74. The van der Waals surface area contributed by atoms with Crippen LogP contribution in [0.2, 0.25) is 10.0 Å². The maximum atomic E-state index is 12.8. The number of amides is 1. The third-order valence-electron chi connectivity index (χ3n) is 2.87. The van der Waals surface area contributed by atoms with Crippen molar-refractivity contribution in [1.29, 1.82) is 0 Å². The fraction of sp³-hybridized carbons (Fsp3) is 0.0625. The van der Waals surface area contributed by atoms with Crippen LogP contribution >= 0.6 is 23.2 Å². The van der Waals surface area contributed by atoms with Crippen molar-refractivity contribution in [2.45, 2.75) is 6.18 Å². The standard InChI is InChI=1S/C16H10Cl2F3NO/c17-11-7-5-10(13(18)9-11)6-8-15(23)22-14-4-2-1-3-12(14)16(19,20)21/h1-9H,(H,22,23)/b8-6+. The van der Waals surface area contributed by atoms with Crippen LogP contribution in [-0.4, -0.2) is 5.91 Å². The van der Waals surface area contributed by atoms with E-state index in [1.807, 2.05) is 0 Å². The van der Waals surface area contributed by atoms with Gasteiger partial charge in [0.1, 0.15) is 0 Å². The van der Waals surface area contributed by atoms with E-state index >= 15 is 0 Å². The highest BCUT2D eigenvalue weighted by Crippen LogP contribution is 2.34. The Balaban J connectivity index is 2.16. The number of alkyl halides is 3. The second-order valence-corrected chi connectivity index (χ2v) is 5.38. The number of para-hydroxylation sites is 1. The van der Waals surface area contributed by atoms with Gasteiger partial charge in [0.15, 0.2) is 0 Å². The molecule has 23 heavy (non-hydrogen) atoms. The molecule has 0 fully saturated rings. The fourth-order valence-electron chi connectivity index (χ4n) is 1.82. The summed E-state index contributed by atoms with van der Waals surface area (Å²) in [6.45, 7) is 0. The summed E-state index contributed by atoms with van der Waals surface area (Å²) in [6, 6.07) is 9.42. The van der Waals surface area contributed by atoms with E-state index in [0.717, 1.165) is 12.1 Å². The Hall–Kier alpha value is -1.98. The molecule has 0 bridgehead atoms. The summed E-state index contributed by atoms with van der Waals surface area (Å²) in [5.41, 5.74) is -0.696. The maximum Gasteiger partial charge on any atom is 0.418 e. The van der Waals surface area contributed by atoms with Crippen LogP contribution in [0.5, 0.6) is 0 Å². The van der Waals surface area contributed by atoms with Gasteiger partial charge in [-0.2, -0.15) is 13.2 Å². The predicted octanol–water partition coefficient (Wildman–Crippen LogP) is 5.66. The number of carbonyl (C=O) groups is 1. The number of hydrogen-bond acceptors (Lipinski definition) is 1. The first-order chi connectivity index (χ1) is 10.8. The smallest absolute Gasteiger partial charge is 0.322 e. The van der Waals surface area contributed by atoms with Gasteiger partial charge in [-0.15, -0.1) is 0 Å². The van der Waals surface area contributed by atoms with E-state index in [1.165, 1.54) is 30.3 Å². The molecule has 7 heteroatoms. The summed E-state index contributed by atoms with van der Waals surface area (Å²) in [7, 11) is 0. The van der Waals surface area contributed by atoms with Crippen molar-refractivity contribution >= 4 is 40.9 Å². The number of anilines is 1. The molecule has 2 aromatic carbocycles. The summed E-state index contributed by atoms with van der Waals surface area (Å²) >= 11 is 11.7. The second-order valence-electron chi connectivity index (χ2n) is 4.53. The quantitative estimate of drug-likeness (QED) is 0.703. The number of halogens is 5. The zero-order valence-corrected chi connectivity index (χ0v) is 13.0. The lowest BCUT2D eigenvalue weighted by Gasteiger charge is -2.12. The molecule has 0 radical (unpaired) electrons. The van der Waals surface area contributed by atoms with E-state index in [4.69, 9.17) is 23.2 Å². The lowest BCUT2D eigenvalue weighted by molar-refractivity contribution is -0.136. The van der Waals surface area contributed by atoms with Crippen LogP contribution in [0.4, 0.5) is 18.9 Å². The third-order valence-corrected chi connectivity index (χ3v) is 3.43. The predicted molar refractivity (Wildman–Crippen MR) is 85.6 cm³/mol. The Bertz CT molecular complexity index is 757. The Kier molecular flexibility index (Phi) is 5.34. The molecule has 1 N–H and O–H groups in total. The first-order valence-electron chi connectivity index (χ1n) is 6.38. The average molecular weight is 360 g/mol. The topological polar surface area (TPSA) is 29.1 Å². The van der Waals surface area contributed by atoms with Crippen LogP contribution in [0, 0.1) is 0 Å². The molecule has 0 aliphatic rings. The van der Waals surface area contributed by atoms with Gasteiger partial charge in [-0.25, -0.2) is 0 Å². The Morgan fingerprint density at radius 2 is 1.78 bits per heavy atom. The van der Waals surface area contributed by atoms with Crippen LogP contribution in [-0.2, 0) is 11.0 Å². The lowest BCUT2D eigenvalue weighted by Crippen LogP contribution is -2.14. The van der Waals surface area contributed by atoms with Crippen molar-refractivity contribution < 1.29 is 18.0 Å². The van der Waals surface area contributed by atoms with Crippen LogP contribution < -0.4 is 5.32 Å². The monoisotopic (exact) mass is 359 g/mol. The molecule has 0 aromatic heterocycles. The molecule has 120 valence electrons. The van der Waals surface area contributed by atoms with E-state index in [1.54, 1.807) is 12.1 Å². The number of carbonyl (C=O) groups excluding carboxylic acids is 1. The highest BCUT2D eigenvalue weighted by molar-refractivity contribution is 6.35. The number of nitrogens with one attached hydrogen (secondary N) is 1. The van der Waals surface area contributed by atoms with Crippen LogP contribution in [0.3, 0.4) is 0 Å². The zero-order valence-electron chi connectivity index (χ0n) is 11.5. The first-order valence-corrected chi connectivity index (χ1v) is 7.13. The summed E-state index contributed by atoms with van der Waals surface area (Å²) < 4.78 is 38.5. The van der Waals surface area contributed by atoms with Crippen molar-refractivity contribution in [3.05, 3.63) is 69.7 Å². The summed E-state index contributed by atoms with van der Waals surface area (Å²) in [5, 5.41) is 2.97. The van der Waals surface area contributed by atoms with Gasteiger partial charge in [-0.3, -0.25) is 4.79 Å². The Labute approximate surface area is 140 Å². The molecule has 0 unspecified atom stereocenters. The van der Waals surface area contributed by atoms with Gasteiger partial charge in [0.2, 0.25) is 5.91 Å². The molecule has 2 rings (SSSR count). The van der Waals surface area contributed by atoms with Crippen LogP contribution in [0.15, 0.2) is 48.5 Å². The Morgan fingerprint density at radius 3 is 2.43 bits per heavy atom. The number of benzene rings is 2. The van der Waals surface area contributed by atoms with Crippen molar-refractivity contribution in [2.75, 3.05) is 5.32 Å². The largest absolute Gasteiger partial charge is 0.418 e. The van der Waals surface area contributed by atoms with E-state index in [9.17, 15) is 18.0 Å². The first kappa shape index (κ1) is 17.4. The molecule has 2 nitrogen and oxygen atoms in total. The van der Waals surface area contributed by atoms with Crippen molar-refractivity contribution in [3.63, 3.8) is 0 Å². The SMILES string of the molecule is O=C(/C=C/c1ccc(Cl)cc1Cl)Nc1ccccc1C(F)(F)F. The van der Waals surface area contributed by atoms with Gasteiger partial charge < -0.3 is 5.32 Å².